The lowest BCUT2D eigenvalue weighted by Gasteiger charge is -2.36. The van der Waals surface area contributed by atoms with Gasteiger partial charge in [0.15, 0.2) is 0 Å². The number of aliphatic hydroxyl groups excluding tert-OH is 1. The van der Waals surface area contributed by atoms with Crippen LogP contribution in [0.4, 0.5) is 4.39 Å². The highest BCUT2D eigenvalue weighted by molar-refractivity contribution is 5.92. The van der Waals surface area contributed by atoms with Gasteiger partial charge in [-0.15, -0.1) is 0 Å². The van der Waals surface area contributed by atoms with Gasteiger partial charge in [-0.2, -0.15) is 0 Å². The molecule has 1 aliphatic heterocycles. The number of imidazole rings is 1. The maximum absolute atomic E-state index is 13.1. The summed E-state index contributed by atoms with van der Waals surface area (Å²) in [4.78, 5) is 18.7. The summed E-state index contributed by atoms with van der Waals surface area (Å²) in [5, 5.41) is 10.7. The standard InChI is InChI=1S/C23H25FN4O2/c24-19-5-7-20(8-6-19)28-13-21(26-15-28)23(30)27-10-9-17(22(29)14-27)11-16-3-1-2-4-18(16)12-25/h1-8,13,15,17,22,29H,9-12,14,25H2/t17?,22-/m1/s1. The fourth-order valence-electron chi connectivity index (χ4n) is 3.99. The molecule has 0 spiro atoms. The number of nitrogens with zero attached hydrogens (tertiary/aromatic N) is 3. The largest absolute Gasteiger partial charge is 0.391 e. The normalized spacial score (nSPS) is 19.1. The number of carbonyl (C=O) groups is 1. The molecule has 0 aliphatic carbocycles. The van der Waals surface area contributed by atoms with E-state index in [0.29, 0.717) is 25.2 Å². The number of halogens is 1. The summed E-state index contributed by atoms with van der Waals surface area (Å²) in [7, 11) is 0. The molecule has 2 aromatic carbocycles. The summed E-state index contributed by atoms with van der Waals surface area (Å²) in [5.41, 5.74) is 9.10. The summed E-state index contributed by atoms with van der Waals surface area (Å²) >= 11 is 0. The van der Waals surface area contributed by atoms with Crippen LogP contribution in [0.5, 0.6) is 0 Å². The van der Waals surface area contributed by atoms with Gasteiger partial charge < -0.3 is 20.3 Å². The van der Waals surface area contributed by atoms with Crippen molar-refractivity contribution < 1.29 is 14.3 Å². The minimum absolute atomic E-state index is 0.0820. The molecule has 6 nitrogen and oxygen atoms in total. The van der Waals surface area contributed by atoms with Crippen molar-refractivity contribution in [2.75, 3.05) is 13.1 Å². The van der Waals surface area contributed by atoms with Crippen molar-refractivity contribution in [2.24, 2.45) is 11.7 Å². The minimum Gasteiger partial charge on any atom is -0.391 e. The fraction of sp³-hybridized carbons (Fsp3) is 0.304. The van der Waals surface area contributed by atoms with Crippen LogP contribution in [0.2, 0.25) is 0 Å². The quantitative estimate of drug-likeness (QED) is 0.680. The van der Waals surface area contributed by atoms with Gasteiger partial charge in [0.05, 0.1) is 6.10 Å². The lowest BCUT2D eigenvalue weighted by Crippen LogP contribution is -2.47. The number of hydrogen-bond acceptors (Lipinski definition) is 4. The molecule has 0 radical (unpaired) electrons. The van der Waals surface area contributed by atoms with Gasteiger partial charge in [0, 0.05) is 31.5 Å². The van der Waals surface area contributed by atoms with Crippen LogP contribution in [0.3, 0.4) is 0 Å². The third-order valence-electron chi connectivity index (χ3n) is 5.76. The second-order valence-electron chi connectivity index (χ2n) is 7.69. The molecule has 1 amide bonds. The Morgan fingerprint density at radius 1 is 1.17 bits per heavy atom. The number of benzene rings is 2. The highest BCUT2D eigenvalue weighted by Crippen LogP contribution is 2.25. The monoisotopic (exact) mass is 408 g/mol. The highest BCUT2D eigenvalue weighted by atomic mass is 19.1. The minimum atomic E-state index is -0.604. The second kappa shape index (κ2) is 8.77. The summed E-state index contributed by atoms with van der Waals surface area (Å²) < 4.78 is 14.8. The first kappa shape index (κ1) is 20.3. The van der Waals surface area contributed by atoms with E-state index < -0.39 is 6.10 Å². The Morgan fingerprint density at radius 2 is 1.90 bits per heavy atom. The summed E-state index contributed by atoms with van der Waals surface area (Å²) in [6.45, 7) is 1.31. The van der Waals surface area contributed by atoms with E-state index in [0.717, 1.165) is 23.2 Å². The third-order valence-corrected chi connectivity index (χ3v) is 5.76. The average molecular weight is 408 g/mol. The first-order chi connectivity index (χ1) is 14.5. The molecule has 1 saturated heterocycles. The second-order valence-corrected chi connectivity index (χ2v) is 7.69. The van der Waals surface area contributed by atoms with Gasteiger partial charge in [-0.05, 0) is 54.2 Å². The molecule has 0 saturated carbocycles. The maximum Gasteiger partial charge on any atom is 0.274 e. The van der Waals surface area contributed by atoms with Crippen molar-refractivity contribution in [3.8, 4) is 5.69 Å². The summed E-state index contributed by atoms with van der Waals surface area (Å²) in [5.74, 6) is -0.449. The van der Waals surface area contributed by atoms with E-state index in [9.17, 15) is 14.3 Å². The van der Waals surface area contributed by atoms with Gasteiger partial charge in [-0.25, -0.2) is 9.37 Å². The Bertz CT molecular complexity index is 1020. The van der Waals surface area contributed by atoms with Gasteiger partial charge >= 0.3 is 0 Å². The lowest BCUT2D eigenvalue weighted by atomic mass is 9.86. The van der Waals surface area contributed by atoms with E-state index in [2.05, 4.69) is 11.1 Å². The summed E-state index contributed by atoms with van der Waals surface area (Å²) in [6, 6.07) is 14.0. The van der Waals surface area contributed by atoms with Crippen LogP contribution >= 0.6 is 0 Å². The van der Waals surface area contributed by atoms with Crippen LogP contribution < -0.4 is 5.73 Å². The van der Waals surface area contributed by atoms with Gasteiger partial charge in [0.1, 0.15) is 17.8 Å². The highest BCUT2D eigenvalue weighted by Gasteiger charge is 2.31. The van der Waals surface area contributed by atoms with E-state index in [1.165, 1.54) is 18.5 Å². The Balaban J connectivity index is 1.40. The van der Waals surface area contributed by atoms with Gasteiger partial charge in [0.2, 0.25) is 0 Å². The van der Waals surface area contributed by atoms with Crippen molar-refractivity contribution in [3.05, 3.63) is 83.7 Å². The smallest absolute Gasteiger partial charge is 0.274 e. The van der Waals surface area contributed by atoms with Crippen molar-refractivity contribution in [1.82, 2.24) is 14.5 Å². The number of hydrogen-bond donors (Lipinski definition) is 2. The first-order valence-electron chi connectivity index (χ1n) is 10.1. The molecule has 3 aromatic rings. The SMILES string of the molecule is NCc1ccccc1CC1CCN(C(=O)c2cn(-c3ccc(F)cc3)cn2)C[C@H]1O. The molecule has 1 aliphatic rings. The molecule has 7 heteroatoms. The number of β-amino-alcohol motifs (C(OH)–C–C–N with tert-alkyl or cyclic N) is 1. The number of aromatic nitrogens is 2. The number of rotatable bonds is 5. The zero-order valence-corrected chi connectivity index (χ0v) is 16.6. The van der Waals surface area contributed by atoms with E-state index in [1.54, 1.807) is 27.8 Å². The first-order valence-corrected chi connectivity index (χ1v) is 10.1. The number of carbonyl (C=O) groups excluding carboxylic acids is 1. The van der Waals surface area contributed by atoms with Crippen LogP contribution in [0.25, 0.3) is 5.69 Å². The zero-order chi connectivity index (χ0) is 21.1. The molecule has 4 rings (SSSR count). The van der Waals surface area contributed by atoms with Crippen molar-refractivity contribution in [2.45, 2.75) is 25.5 Å². The van der Waals surface area contributed by atoms with Gasteiger partial charge in [0.25, 0.3) is 5.91 Å². The number of piperidine rings is 1. The van der Waals surface area contributed by atoms with E-state index in [-0.39, 0.29) is 24.2 Å². The topological polar surface area (TPSA) is 84.4 Å². The average Bonchev–Trinajstić information content (AvgIpc) is 3.26. The molecular weight excluding hydrogens is 383 g/mol. The number of likely N-dealkylation sites (tertiary alicyclic amines) is 1. The molecule has 0 bridgehead atoms. The molecule has 1 fully saturated rings. The molecule has 3 N–H and O–H groups in total. The van der Waals surface area contributed by atoms with E-state index >= 15 is 0 Å². The van der Waals surface area contributed by atoms with Gasteiger partial charge in [-0.3, -0.25) is 4.79 Å². The van der Waals surface area contributed by atoms with Crippen LogP contribution in [-0.4, -0.2) is 44.7 Å². The van der Waals surface area contributed by atoms with Crippen LogP contribution in [-0.2, 0) is 13.0 Å². The van der Waals surface area contributed by atoms with Crippen molar-refractivity contribution in [3.63, 3.8) is 0 Å². The van der Waals surface area contributed by atoms with E-state index in [1.807, 2.05) is 18.2 Å². The molecule has 2 heterocycles. The van der Waals surface area contributed by atoms with Crippen LogP contribution in [0.15, 0.2) is 61.1 Å². The fourth-order valence-corrected chi connectivity index (χ4v) is 3.99. The number of aliphatic hydroxyl groups is 1. The molecule has 1 aromatic heterocycles. The molecule has 30 heavy (non-hydrogen) atoms. The Morgan fingerprint density at radius 3 is 2.60 bits per heavy atom. The van der Waals surface area contributed by atoms with Crippen molar-refractivity contribution in [1.29, 1.82) is 0 Å². The van der Waals surface area contributed by atoms with Crippen LogP contribution in [0, 0.1) is 11.7 Å². The van der Waals surface area contributed by atoms with Gasteiger partial charge in [-0.1, -0.05) is 24.3 Å². The summed E-state index contributed by atoms with van der Waals surface area (Å²) in [6.07, 6.45) is 4.02. The predicted octanol–water partition coefficient (Wildman–Crippen LogP) is 2.54. The number of amides is 1. The molecule has 156 valence electrons. The number of nitrogens with two attached hydrogens (primary N) is 1. The van der Waals surface area contributed by atoms with E-state index in [4.69, 9.17) is 5.73 Å². The molecule has 1 unspecified atom stereocenters. The molecular formula is C23H25FN4O2. The maximum atomic E-state index is 13.1. The molecule has 2 atom stereocenters. The Kier molecular flexibility index (Phi) is 5.92. The zero-order valence-electron chi connectivity index (χ0n) is 16.6. The predicted molar refractivity (Wildman–Crippen MR) is 112 cm³/mol. The van der Waals surface area contributed by atoms with Crippen LogP contribution in [0.1, 0.15) is 28.0 Å². The third kappa shape index (κ3) is 4.27. The lowest BCUT2D eigenvalue weighted by molar-refractivity contribution is 0.0194. The Labute approximate surface area is 174 Å². The van der Waals surface area contributed by atoms with Crippen molar-refractivity contribution >= 4 is 5.91 Å². The Hall–Kier alpha value is -3.03.